The van der Waals surface area contributed by atoms with Gasteiger partial charge >= 0.3 is 0 Å². The summed E-state index contributed by atoms with van der Waals surface area (Å²) in [6.07, 6.45) is 3.27. The number of pyridine rings is 1. The van der Waals surface area contributed by atoms with E-state index in [1.807, 2.05) is 13.0 Å². The summed E-state index contributed by atoms with van der Waals surface area (Å²) in [6, 6.07) is 8.85. The maximum atomic E-state index is 6.32. The van der Waals surface area contributed by atoms with Gasteiger partial charge in [-0.15, -0.1) is 0 Å². The first kappa shape index (κ1) is 15.6. The maximum absolute atomic E-state index is 6.32. The first-order chi connectivity index (χ1) is 10.6. The molecule has 0 radical (unpaired) electrons. The molecule has 0 saturated carbocycles. The molecule has 2 heterocycles. The lowest BCUT2D eigenvalue weighted by Crippen LogP contribution is -2.35. The molecule has 0 N–H and O–H groups in total. The number of aromatic nitrogens is 1. The van der Waals surface area contributed by atoms with Crippen LogP contribution in [0.2, 0.25) is 10.0 Å². The Balaban J connectivity index is 1.88. The molecule has 2 unspecified atom stereocenters. The van der Waals surface area contributed by atoms with Gasteiger partial charge in [-0.1, -0.05) is 29.3 Å². The summed E-state index contributed by atoms with van der Waals surface area (Å²) >= 11 is 12.3. The first-order valence-electron chi connectivity index (χ1n) is 6.89. The van der Waals surface area contributed by atoms with E-state index in [0.717, 1.165) is 0 Å². The van der Waals surface area contributed by atoms with Gasteiger partial charge in [0.25, 0.3) is 0 Å². The van der Waals surface area contributed by atoms with Gasteiger partial charge < -0.3 is 14.2 Å². The summed E-state index contributed by atoms with van der Waals surface area (Å²) in [5.41, 5.74) is 0.701. The van der Waals surface area contributed by atoms with Crippen molar-refractivity contribution in [3.63, 3.8) is 0 Å². The smallest absolute Gasteiger partial charge is 0.232 e. The third-order valence-corrected chi connectivity index (χ3v) is 3.90. The Bertz CT molecular complexity index is 653. The molecule has 116 valence electrons. The quantitative estimate of drug-likeness (QED) is 0.842. The van der Waals surface area contributed by atoms with E-state index >= 15 is 0 Å². The Hall–Kier alpha value is -1.33. The van der Waals surface area contributed by atoms with Gasteiger partial charge in [-0.25, -0.2) is 0 Å². The average Bonchev–Trinajstić information content (AvgIpc) is 2.88. The van der Waals surface area contributed by atoms with E-state index < -0.39 is 5.79 Å². The molecule has 1 fully saturated rings. The summed E-state index contributed by atoms with van der Waals surface area (Å²) in [5, 5.41) is 1.04. The SMILES string of the molecule is CC1COC(COc2cccnc2)(c2ccc(Cl)cc2Cl)O1. The minimum Gasteiger partial charge on any atom is -0.486 e. The van der Waals surface area contributed by atoms with Crippen LogP contribution in [0.15, 0.2) is 42.7 Å². The fraction of sp³-hybridized carbons (Fsp3) is 0.312. The molecular weight excluding hydrogens is 325 g/mol. The van der Waals surface area contributed by atoms with E-state index in [1.165, 1.54) is 0 Å². The summed E-state index contributed by atoms with van der Waals surface area (Å²) in [4.78, 5) is 4.02. The van der Waals surface area contributed by atoms with Gasteiger partial charge in [-0.05, 0) is 31.2 Å². The summed E-state index contributed by atoms with van der Waals surface area (Å²) < 4.78 is 17.6. The Morgan fingerprint density at radius 3 is 2.86 bits per heavy atom. The molecule has 1 aromatic carbocycles. The summed E-state index contributed by atoms with van der Waals surface area (Å²) in [6.45, 7) is 2.58. The topological polar surface area (TPSA) is 40.6 Å². The van der Waals surface area contributed by atoms with E-state index in [1.54, 1.807) is 36.7 Å². The van der Waals surface area contributed by atoms with E-state index in [-0.39, 0.29) is 12.7 Å². The van der Waals surface area contributed by atoms with Gasteiger partial charge in [-0.3, -0.25) is 4.98 Å². The lowest BCUT2D eigenvalue weighted by atomic mass is 10.1. The van der Waals surface area contributed by atoms with Crippen molar-refractivity contribution in [3.05, 3.63) is 58.3 Å². The van der Waals surface area contributed by atoms with Gasteiger partial charge in [0, 0.05) is 16.8 Å². The molecule has 1 saturated heterocycles. The standard InChI is InChI=1S/C16H15Cl2NO3/c1-11-9-21-16(22-11,10-20-13-3-2-6-19-8-13)14-5-4-12(17)7-15(14)18/h2-8,11H,9-10H2,1H3. The van der Waals surface area contributed by atoms with Gasteiger partial charge in [0.05, 0.1) is 23.9 Å². The molecule has 1 aromatic heterocycles. The van der Waals surface area contributed by atoms with Gasteiger partial charge in [0.2, 0.25) is 5.79 Å². The number of hydrogen-bond donors (Lipinski definition) is 0. The van der Waals surface area contributed by atoms with Crippen molar-refractivity contribution in [2.75, 3.05) is 13.2 Å². The largest absolute Gasteiger partial charge is 0.486 e. The fourth-order valence-corrected chi connectivity index (χ4v) is 2.90. The van der Waals surface area contributed by atoms with Crippen molar-refractivity contribution in [2.24, 2.45) is 0 Å². The minimum atomic E-state index is -1.04. The van der Waals surface area contributed by atoms with E-state index in [9.17, 15) is 0 Å². The lowest BCUT2D eigenvalue weighted by Gasteiger charge is -2.29. The molecule has 0 aliphatic carbocycles. The highest BCUT2D eigenvalue weighted by atomic mass is 35.5. The molecule has 6 heteroatoms. The normalized spacial score (nSPS) is 24.4. The number of benzene rings is 1. The van der Waals surface area contributed by atoms with Crippen molar-refractivity contribution in [2.45, 2.75) is 18.8 Å². The third kappa shape index (κ3) is 3.20. The zero-order chi connectivity index (χ0) is 15.6. The van der Waals surface area contributed by atoms with Crippen molar-refractivity contribution >= 4 is 23.2 Å². The van der Waals surface area contributed by atoms with Gasteiger partial charge in [0.15, 0.2) is 0 Å². The van der Waals surface area contributed by atoms with Crippen LogP contribution in [0.3, 0.4) is 0 Å². The average molecular weight is 340 g/mol. The second-order valence-corrected chi connectivity index (χ2v) is 5.94. The molecule has 0 spiro atoms. The first-order valence-corrected chi connectivity index (χ1v) is 7.65. The highest BCUT2D eigenvalue weighted by Gasteiger charge is 2.44. The lowest BCUT2D eigenvalue weighted by molar-refractivity contribution is -0.194. The molecule has 2 atom stereocenters. The van der Waals surface area contributed by atoms with Crippen LogP contribution < -0.4 is 4.74 Å². The molecule has 1 aliphatic heterocycles. The molecule has 2 aromatic rings. The predicted molar refractivity (Wildman–Crippen MR) is 84.4 cm³/mol. The van der Waals surface area contributed by atoms with E-state index in [2.05, 4.69) is 4.98 Å². The Kier molecular flexibility index (Phi) is 4.54. The van der Waals surface area contributed by atoms with Crippen molar-refractivity contribution in [1.29, 1.82) is 0 Å². The second-order valence-electron chi connectivity index (χ2n) is 5.09. The number of halogens is 2. The van der Waals surface area contributed by atoms with Crippen molar-refractivity contribution in [1.82, 2.24) is 4.98 Å². The fourth-order valence-electron chi connectivity index (χ4n) is 2.35. The number of rotatable bonds is 4. The molecule has 0 bridgehead atoms. The Morgan fingerprint density at radius 1 is 1.36 bits per heavy atom. The zero-order valence-corrected chi connectivity index (χ0v) is 13.5. The number of hydrogen-bond acceptors (Lipinski definition) is 4. The third-order valence-electron chi connectivity index (χ3n) is 3.35. The van der Waals surface area contributed by atoms with Crippen molar-refractivity contribution < 1.29 is 14.2 Å². The summed E-state index contributed by atoms with van der Waals surface area (Å²) in [5.74, 6) is -0.407. The van der Waals surface area contributed by atoms with Crippen LogP contribution in [0, 0.1) is 0 Å². The monoisotopic (exact) mass is 339 g/mol. The number of ether oxygens (including phenoxy) is 3. The Labute approximate surface area is 138 Å². The van der Waals surface area contributed by atoms with Gasteiger partial charge in [0.1, 0.15) is 12.4 Å². The second kappa shape index (κ2) is 6.42. The van der Waals surface area contributed by atoms with Crippen LogP contribution in [0.1, 0.15) is 12.5 Å². The molecular formula is C16H15Cl2NO3. The van der Waals surface area contributed by atoms with Crippen LogP contribution in [-0.4, -0.2) is 24.3 Å². The molecule has 0 amide bonds. The maximum Gasteiger partial charge on any atom is 0.232 e. The van der Waals surface area contributed by atoms with E-state index in [4.69, 9.17) is 37.4 Å². The molecule has 22 heavy (non-hydrogen) atoms. The molecule has 1 aliphatic rings. The van der Waals surface area contributed by atoms with Crippen molar-refractivity contribution in [3.8, 4) is 5.75 Å². The molecule has 3 rings (SSSR count). The van der Waals surface area contributed by atoms with Crippen LogP contribution in [-0.2, 0) is 15.3 Å². The highest BCUT2D eigenvalue weighted by Crippen LogP contribution is 2.39. The number of nitrogens with zero attached hydrogens (tertiary/aromatic N) is 1. The highest BCUT2D eigenvalue weighted by molar-refractivity contribution is 6.35. The van der Waals surface area contributed by atoms with Crippen LogP contribution in [0.25, 0.3) is 0 Å². The predicted octanol–water partition coefficient (Wildman–Crippen LogP) is 4.06. The van der Waals surface area contributed by atoms with E-state index in [0.29, 0.717) is 28.0 Å². The Morgan fingerprint density at radius 2 is 2.23 bits per heavy atom. The molecule has 4 nitrogen and oxygen atoms in total. The van der Waals surface area contributed by atoms with Crippen LogP contribution in [0.4, 0.5) is 0 Å². The minimum absolute atomic E-state index is 0.0516. The van der Waals surface area contributed by atoms with Crippen LogP contribution >= 0.6 is 23.2 Å². The van der Waals surface area contributed by atoms with Gasteiger partial charge in [-0.2, -0.15) is 0 Å². The summed E-state index contributed by atoms with van der Waals surface area (Å²) in [7, 11) is 0. The van der Waals surface area contributed by atoms with Crippen LogP contribution in [0.5, 0.6) is 5.75 Å². The zero-order valence-electron chi connectivity index (χ0n) is 12.0.